The van der Waals surface area contributed by atoms with Crippen molar-refractivity contribution in [2.24, 2.45) is 17.3 Å². The molecule has 3 heteroatoms. The number of pyridine rings is 1. The fraction of sp³-hybridized carbons (Fsp3) is 0.581. The largest absolute Gasteiger partial charge is 0.389 e. The molecule has 0 bridgehead atoms. The molecule has 1 heterocycles. The minimum absolute atomic E-state index is 0.138. The molecule has 34 heavy (non-hydrogen) atoms. The topological polar surface area (TPSA) is 53.4 Å². The van der Waals surface area contributed by atoms with Crippen molar-refractivity contribution in [1.82, 2.24) is 4.98 Å². The minimum Gasteiger partial charge on any atom is -0.389 e. The lowest BCUT2D eigenvalue weighted by Crippen LogP contribution is -2.42. The van der Waals surface area contributed by atoms with Crippen molar-refractivity contribution in [3.63, 3.8) is 0 Å². The van der Waals surface area contributed by atoms with Gasteiger partial charge in [0, 0.05) is 17.8 Å². The summed E-state index contributed by atoms with van der Waals surface area (Å²) in [6, 6.07) is 9.04. The fourth-order valence-electron chi connectivity index (χ4n) is 7.11. The van der Waals surface area contributed by atoms with Gasteiger partial charge in [0.15, 0.2) is 0 Å². The molecule has 0 spiro atoms. The predicted octanol–water partition coefficient (Wildman–Crippen LogP) is 7.09. The third kappa shape index (κ3) is 4.50. The number of aromatic nitrogens is 1. The molecule has 3 aliphatic carbocycles. The van der Waals surface area contributed by atoms with E-state index in [1.807, 2.05) is 18.5 Å². The molecule has 2 N–H and O–H groups in total. The number of benzene rings is 1. The Kier molecular flexibility index (Phi) is 6.46. The Balaban J connectivity index is 1.34. The fourth-order valence-corrected chi connectivity index (χ4v) is 7.11. The van der Waals surface area contributed by atoms with E-state index in [9.17, 15) is 10.2 Å². The Hall–Kier alpha value is -1.97. The van der Waals surface area contributed by atoms with E-state index in [1.165, 1.54) is 47.6 Å². The van der Waals surface area contributed by atoms with Crippen LogP contribution in [0.25, 0.3) is 10.8 Å². The highest BCUT2D eigenvalue weighted by atomic mass is 16.3. The molecule has 1 saturated carbocycles. The first-order valence-electron chi connectivity index (χ1n) is 13.4. The summed E-state index contributed by atoms with van der Waals surface area (Å²) >= 11 is 0. The standard InChI is InChI=1S/C31H41NO2/c1-21(2)27-19-31(34)13-4-6-22(16-26(31)18-29(27)33)10-14-30(3)12-5-7-28(30)24-9-8-23-11-15-32-20-25(23)17-24/h8-9,11,15-18,20-21,27-29,33-34H,4-7,10,12-14,19H2,1-3H3. The zero-order valence-corrected chi connectivity index (χ0v) is 21.1. The van der Waals surface area contributed by atoms with E-state index >= 15 is 0 Å². The summed E-state index contributed by atoms with van der Waals surface area (Å²) in [5.41, 5.74) is 3.41. The number of nitrogens with zero attached hydrogens (tertiary/aromatic N) is 1. The van der Waals surface area contributed by atoms with Crippen molar-refractivity contribution < 1.29 is 10.2 Å². The van der Waals surface area contributed by atoms with Crippen LogP contribution in [0.4, 0.5) is 0 Å². The molecular formula is C31H41NO2. The number of allylic oxidation sites excluding steroid dienone is 1. The zero-order chi connectivity index (χ0) is 23.9. The van der Waals surface area contributed by atoms with E-state index in [4.69, 9.17) is 0 Å². The van der Waals surface area contributed by atoms with E-state index in [-0.39, 0.29) is 5.92 Å². The lowest BCUT2D eigenvalue weighted by atomic mass is 9.70. The average molecular weight is 460 g/mol. The van der Waals surface area contributed by atoms with Gasteiger partial charge in [0.1, 0.15) is 0 Å². The quantitative estimate of drug-likeness (QED) is 0.502. The summed E-state index contributed by atoms with van der Waals surface area (Å²) < 4.78 is 0. The van der Waals surface area contributed by atoms with Gasteiger partial charge in [-0.2, -0.15) is 0 Å². The summed E-state index contributed by atoms with van der Waals surface area (Å²) in [5, 5.41) is 24.7. The monoisotopic (exact) mass is 459 g/mol. The second-order valence-corrected chi connectivity index (χ2v) is 12.0. The molecule has 1 fully saturated rings. The zero-order valence-electron chi connectivity index (χ0n) is 21.1. The van der Waals surface area contributed by atoms with Crippen LogP contribution in [0, 0.1) is 17.3 Å². The van der Waals surface area contributed by atoms with Crippen molar-refractivity contribution in [2.45, 2.75) is 96.2 Å². The van der Waals surface area contributed by atoms with Crippen LogP contribution in [0.2, 0.25) is 0 Å². The first-order chi connectivity index (χ1) is 16.3. The number of fused-ring (bicyclic) bond motifs is 2. The summed E-state index contributed by atoms with van der Waals surface area (Å²) in [6.45, 7) is 6.79. The average Bonchev–Trinajstić information content (AvgIpc) is 3.12. The normalized spacial score (nSPS) is 34.0. The van der Waals surface area contributed by atoms with Crippen LogP contribution < -0.4 is 0 Å². The van der Waals surface area contributed by atoms with Crippen LogP contribution in [0.5, 0.6) is 0 Å². The highest BCUT2D eigenvalue weighted by Crippen LogP contribution is 2.53. The molecule has 182 valence electrons. The van der Waals surface area contributed by atoms with Gasteiger partial charge in [0.2, 0.25) is 0 Å². The second kappa shape index (κ2) is 9.24. The molecule has 3 nitrogen and oxygen atoms in total. The number of hydrogen-bond donors (Lipinski definition) is 2. The highest BCUT2D eigenvalue weighted by Gasteiger charge is 2.42. The van der Waals surface area contributed by atoms with Crippen LogP contribution in [-0.4, -0.2) is 26.9 Å². The van der Waals surface area contributed by atoms with E-state index < -0.39 is 11.7 Å². The number of hydrogen-bond acceptors (Lipinski definition) is 3. The van der Waals surface area contributed by atoms with Crippen molar-refractivity contribution in [1.29, 1.82) is 0 Å². The van der Waals surface area contributed by atoms with Gasteiger partial charge in [-0.15, -0.1) is 0 Å². The number of aliphatic hydroxyl groups excluding tert-OH is 1. The van der Waals surface area contributed by atoms with E-state index in [0.29, 0.717) is 23.7 Å². The van der Waals surface area contributed by atoms with Gasteiger partial charge in [-0.1, -0.05) is 51.0 Å². The highest BCUT2D eigenvalue weighted by molar-refractivity contribution is 5.82. The molecule has 2 aromatic rings. The lowest BCUT2D eigenvalue weighted by molar-refractivity contribution is -0.00741. The van der Waals surface area contributed by atoms with Crippen LogP contribution in [-0.2, 0) is 0 Å². The molecular weight excluding hydrogens is 418 g/mol. The second-order valence-electron chi connectivity index (χ2n) is 12.0. The Labute approximate surface area is 205 Å². The number of rotatable bonds is 5. The number of aliphatic hydroxyl groups is 2. The van der Waals surface area contributed by atoms with Gasteiger partial charge < -0.3 is 10.2 Å². The van der Waals surface area contributed by atoms with E-state index in [1.54, 1.807) is 0 Å². The minimum atomic E-state index is -0.769. The SMILES string of the molecule is CC(C)C1CC2(O)CCCC(CCC3(C)CCCC3c3ccc4ccncc4c3)=CC2=CC1O. The molecule has 5 atom stereocenters. The van der Waals surface area contributed by atoms with Gasteiger partial charge in [-0.25, -0.2) is 0 Å². The van der Waals surface area contributed by atoms with Gasteiger partial charge >= 0.3 is 0 Å². The van der Waals surface area contributed by atoms with Crippen molar-refractivity contribution in [2.75, 3.05) is 0 Å². The van der Waals surface area contributed by atoms with Gasteiger partial charge in [0.05, 0.1) is 11.7 Å². The molecule has 5 unspecified atom stereocenters. The maximum Gasteiger partial charge on any atom is 0.0898 e. The lowest BCUT2D eigenvalue weighted by Gasteiger charge is -2.40. The maximum absolute atomic E-state index is 11.5. The van der Waals surface area contributed by atoms with Crippen LogP contribution in [0.15, 0.2) is 60.0 Å². The van der Waals surface area contributed by atoms with Crippen LogP contribution in [0.1, 0.15) is 90.0 Å². The smallest absolute Gasteiger partial charge is 0.0898 e. The molecule has 1 aromatic heterocycles. The Morgan fingerprint density at radius 3 is 2.79 bits per heavy atom. The molecule has 0 aliphatic heterocycles. The summed E-state index contributed by atoms with van der Waals surface area (Å²) in [7, 11) is 0. The molecule has 0 amide bonds. The first kappa shape index (κ1) is 23.8. The van der Waals surface area contributed by atoms with Gasteiger partial charge in [0.25, 0.3) is 0 Å². The first-order valence-corrected chi connectivity index (χ1v) is 13.4. The maximum atomic E-state index is 11.5. The Bertz CT molecular complexity index is 1100. The van der Waals surface area contributed by atoms with Crippen LogP contribution >= 0.6 is 0 Å². The van der Waals surface area contributed by atoms with Crippen LogP contribution in [0.3, 0.4) is 0 Å². The van der Waals surface area contributed by atoms with Gasteiger partial charge in [-0.05, 0) is 109 Å². The Morgan fingerprint density at radius 2 is 1.97 bits per heavy atom. The van der Waals surface area contributed by atoms with Crippen molar-refractivity contribution in [3.8, 4) is 0 Å². The summed E-state index contributed by atoms with van der Waals surface area (Å²) in [4.78, 5) is 4.33. The summed E-state index contributed by atoms with van der Waals surface area (Å²) in [6.07, 6.45) is 17.3. The van der Waals surface area contributed by atoms with Gasteiger partial charge in [-0.3, -0.25) is 4.98 Å². The van der Waals surface area contributed by atoms with E-state index in [2.05, 4.69) is 56.1 Å². The third-order valence-corrected chi connectivity index (χ3v) is 9.37. The molecule has 5 rings (SSSR count). The van der Waals surface area contributed by atoms with Crippen molar-refractivity contribution in [3.05, 3.63) is 65.5 Å². The summed E-state index contributed by atoms with van der Waals surface area (Å²) in [5.74, 6) is 1.09. The molecule has 1 aromatic carbocycles. The molecule has 0 radical (unpaired) electrons. The third-order valence-electron chi connectivity index (χ3n) is 9.37. The van der Waals surface area contributed by atoms with E-state index in [0.717, 1.165) is 31.3 Å². The van der Waals surface area contributed by atoms with Crippen molar-refractivity contribution >= 4 is 10.8 Å². The molecule has 3 aliphatic rings. The predicted molar refractivity (Wildman–Crippen MR) is 140 cm³/mol. The molecule has 0 saturated heterocycles. The Morgan fingerprint density at radius 1 is 1.12 bits per heavy atom.